The van der Waals surface area contributed by atoms with Crippen LogP contribution in [0.25, 0.3) is 11.0 Å². The largest absolute Gasteiger partial charge is 0.396 e. The molecule has 4 nitrogen and oxygen atoms in total. The van der Waals surface area contributed by atoms with Crippen molar-refractivity contribution in [2.45, 2.75) is 6.42 Å². The van der Waals surface area contributed by atoms with Gasteiger partial charge in [-0.1, -0.05) is 12.1 Å². The average Bonchev–Trinajstić information content (AvgIpc) is 2.19. The summed E-state index contributed by atoms with van der Waals surface area (Å²) in [5.74, 6) is 0. The molecule has 0 spiro atoms. The summed E-state index contributed by atoms with van der Waals surface area (Å²) in [5.41, 5.74) is 1.62. The molecule has 72 valence electrons. The molecular formula is C10H10N2O2. The lowest BCUT2D eigenvalue weighted by Gasteiger charge is -1.99. The van der Waals surface area contributed by atoms with Gasteiger partial charge in [0.1, 0.15) is 5.69 Å². The fourth-order valence-electron chi connectivity index (χ4n) is 1.34. The molecule has 0 radical (unpaired) electrons. The van der Waals surface area contributed by atoms with Crippen molar-refractivity contribution < 1.29 is 5.11 Å². The van der Waals surface area contributed by atoms with E-state index in [4.69, 9.17) is 5.11 Å². The van der Waals surface area contributed by atoms with Gasteiger partial charge in [0.15, 0.2) is 0 Å². The van der Waals surface area contributed by atoms with E-state index in [0.29, 0.717) is 12.1 Å². The minimum absolute atomic E-state index is 0.0611. The Morgan fingerprint density at radius 2 is 2.14 bits per heavy atom. The molecule has 0 saturated heterocycles. The van der Waals surface area contributed by atoms with Gasteiger partial charge in [-0.25, -0.2) is 4.98 Å². The number of nitrogens with one attached hydrogen (secondary N) is 1. The zero-order chi connectivity index (χ0) is 9.97. The van der Waals surface area contributed by atoms with Gasteiger partial charge in [0.05, 0.1) is 11.0 Å². The van der Waals surface area contributed by atoms with E-state index in [0.717, 1.165) is 11.0 Å². The van der Waals surface area contributed by atoms with E-state index in [-0.39, 0.29) is 12.2 Å². The van der Waals surface area contributed by atoms with Gasteiger partial charge in [0.25, 0.3) is 5.56 Å². The van der Waals surface area contributed by atoms with Crippen LogP contribution in [-0.4, -0.2) is 21.7 Å². The van der Waals surface area contributed by atoms with E-state index < -0.39 is 0 Å². The highest BCUT2D eigenvalue weighted by molar-refractivity contribution is 5.73. The SMILES string of the molecule is O=c1[nH]c2ccccc2nc1CCO. The standard InChI is InChI=1S/C10H10N2O2/c13-6-5-9-10(14)12-8-4-2-1-3-7(8)11-9/h1-4,13H,5-6H2,(H,12,14). The highest BCUT2D eigenvalue weighted by Gasteiger charge is 2.02. The number of aromatic amines is 1. The summed E-state index contributed by atoms with van der Waals surface area (Å²) in [6, 6.07) is 7.32. The third-order valence-electron chi connectivity index (χ3n) is 2.02. The summed E-state index contributed by atoms with van der Waals surface area (Å²) in [4.78, 5) is 18.3. The van der Waals surface area contributed by atoms with Crippen LogP contribution in [-0.2, 0) is 6.42 Å². The highest BCUT2D eigenvalue weighted by Crippen LogP contribution is 2.05. The number of nitrogens with zero attached hydrogens (tertiary/aromatic N) is 1. The van der Waals surface area contributed by atoms with Crippen molar-refractivity contribution in [2.24, 2.45) is 0 Å². The van der Waals surface area contributed by atoms with E-state index in [1.807, 2.05) is 18.2 Å². The Bertz CT molecular complexity index is 505. The van der Waals surface area contributed by atoms with Gasteiger partial charge in [-0.2, -0.15) is 0 Å². The molecule has 0 aliphatic carbocycles. The number of aliphatic hydroxyl groups is 1. The van der Waals surface area contributed by atoms with Crippen LogP contribution in [0.3, 0.4) is 0 Å². The number of benzene rings is 1. The lowest BCUT2D eigenvalue weighted by atomic mass is 10.2. The molecule has 1 heterocycles. The Balaban J connectivity index is 2.65. The maximum atomic E-state index is 11.4. The van der Waals surface area contributed by atoms with Crippen molar-refractivity contribution in [2.75, 3.05) is 6.61 Å². The number of aromatic nitrogens is 2. The molecule has 0 bridgehead atoms. The van der Waals surface area contributed by atoms with E-state index in [1.54, 1.807) is 6.07 Å². The number of fused-ring (bicyclic) bond motifs is 1. The molecule has 2 aromatic rings. The fraction of sp³-hybridized carbons (Fsp3) is 0.200. The monoisotopic (exact) mass is 190 g/mol. The first kappa shape index (κ1) is 8.90. The van der Waals surface area contributed by atoms with Gasteiger partial charge in [0.2, 0.25) is 0 Å². The van der Waals surface area contributed by atoms with Gasteiger partial charge in [-0.05, 0) is 12.1 Å². The molecule has 0 fully saturated rings. The molecule has 0 unspecified atom stereocenters. The average molecular weight is 190 g/mol. The molecule has 0 atom stereocenters. The second-order valence-corrected chi connectivity index (χ2v) is 3.00. The zero-order valence-electron chi connectivity index (χ0n) is 7.53. The van der Waals surface area contributed by atoms with Gasteiger partial charge >= 0.3 is 0 Å². The summed E-state index contributed by atoms with van der Waals surface area (Å²) in [6.07, 6.45) is 0.292. The minimum atomic E-state index is -0.224. The normalized spacial score (nSPS) is 10.6. The van der Waals surface area contributed by atoms with Crippen molar-refractivity contribution in [3.05, 3.63) is 40.3 Å². The highest BCUT2D eigenvalue weighted by atomic mass is 16.3. The second kappa shape index (κ2) is 3.59. The smallest absolute Gasteiger partial charge is 0.270 e. The summed E-state index contributed by atoms with van der Waals surface area (Å²) < 4.78 is 0. The number of hydrogen-bond donors (Lipinski definition) is 2. The van der Waals surface area contributed by atoms with Gasteiger partial charge in [-0.3, -0.25) is 4.79 Å². The molecule has 0 saturated carbocycles. The van der Waals surface area contributed by atoms with Crippen molar-refractivity contribution in [1.29, 1.82) is 0 Å². The fourth-order valence-corrected chi connectivity index (χ4v) is 1.34. The van der Waals surface area contributed by atoms with Crippen molar-refractivity contribution in [1.82, 2.24) is 9.97 Å². The third kappa shape index (κ3) is 1.52. The third-order valence-corrected chi connectivity index (χ3v) is 2.02. The number of H-pyrrole nitrogens is 1. The lowest BCUT2D eigenvalue weighted by Crippen LogP contribution is -2.16. The van der Waals surface area contributed by atoms with E-state index in [2.05, 4.69) is 9.97 Å². The van der Waals surface area contributed by atoms with Crippen LogP contribution in [0.5, 0.6) is 0 Å². The summed E-state index contributed by atoms with van der Waals surface area (Å²) >= 11 is 0. The maximum Gasteiger partial charge on any atom is 0.270 e. The Hall–Kier alpha value is -1.68. The van der Waals surface area contributed by atoms with Gasteiger partial charge < -0.3 is 10.1 Å². The zero-order valence-corrected chi connectivity index (χ0v) is 7.53. The Morgan fingerprint density at radius 3 is 2.93 bits per heavy atom. The number of hydrogen-bond acceptors (Lipinski definition) is 3. The molecular weight excluding hydrogens is 180 g/mol. The van der Waals surface area contributed by atoms with E-state index >= 15 is 0 Å². The molecule has 0 aliphatic rings. The molecule has 1 aromatic carbocycles. The first-order valence-corrected chi connectivity index (χ1v) is 4.40. The summed E-state index contributed by atoms with van der Waals surface area (Å²) in [7, 11) is 0. The first-order valence-electron chi connectivity index (χ1n) is 4.40. The molecule has 0 aliphatic heterocycles. The quantitative estimate of drug-likeness (QED) is 0.722. The molecule has 4 heteroatoms. The number of aliphatic hydroxyl groups excluding tert-OH is 1. The van der Waals surface area contributed by atoms with Crippen LogP contribution in [0.15, 0.2) is 29.1 Å². The second-order valence-electron chi connectivity index (χ2n) is 3.00. The van der Waals surface area contributed by atoms with Gasteiger partial charge in [-0.15, -0.1) is 0 Å². The Labute approximate surface area is 80.2 Å². The molecule has 0 amide bonds. The van der Waals surface area contributed by atoms with Crippen LogP contribution in [0.2, 0.25) is 0 Å². The van der Waals surface area contributed by atoms with Crippen LogP contribution in [0.1, 0.15) is 5.69 Å². The van der Waals surface area contributed by atoms with Gasteiger partial charge in [0, 0.05) is 13.0 Å². The maximum absolute atomic E-state index is 11.4. The lowest BCUT2D eigenvalue weighted by molar-refractivity contribution is 0.298. The predicted molar refractivity (Wildman–Crippen MR) is 53.2 cm³/mol. The Kier molecular flexibility index (Phi) is 2.28. The topological polar surface area (TPSA) is 66.0 Å². The van der Waals surface area contributed by atoms with Crippen LogP contribution < -0.4 is 5.56 Å². The minimum Gasteiger partial charge on any atom is -0.396 e. The van der Waals surface area contributed by atoms with Crippen molar-refractivity contribution in [3.8, 4) is 0 Å². The Morgan fingerprint density at radius 1 is 1.36 bits per heavy atom. The summed E-state index contributed by atoms with van der Waals surface area (Å²) in [5, 5.41) is 8.72. The molecule has 2 N–H and O–H groups in total. The molecule has 14 heavy (non-hydrogen) atoms. The molecule has 1 aromatic heterocycles. The van der Waals surface area contributed by atoms with E-state index in [9.17, 15) is 4.79 Å². The van der Waals surface area contributed by atoms with Crippen LogP contribution >= 0.6 is 0 Å². The first-order chi connectivity index (χ1) is 6.81. The van der Waals surface area contributed by atoms with E-state index in [1.165, 1.54) is 0 Å². The van der Waals surface area contributed by atoms with Crippen molar-refractivity contribution in [3.63, 3.8) is 0 Å². The summed E-state index contributed by atoms with van der Waals surface area (Å²) in [6.45, 7) is -0.0611. The number of para-hydroxylation sites is 2. The van der Waals surface area contributed by atoms with Crippen molar-refractivity contribution >= 4 is 11.0 Å². The molecule has 2 rings (SSSR count). The number of rotatable bonds is 2. The van der Waals surface area contributed by atoms with Crippen LogP contribution in [0.4, 0.5) is 0 Å². The van der Waals surface area contributed by atoms with Crippen LogP contribution in [0, 0.1) is 0 Å². The predicted octanol–water partition coefficient (Wildman–Crippen LogP) is 0.458.